The monoisotopic (exact) mass is 217 g/mol. The van der Waals surface area contributed by atoms with E-state index < -0.39 is 17.7 Å². The van der Waals surface area contributed by atoms with Crippen LogP contribution in [-0.2, 0) is 4.74 Å². The molecule has 0 heterocycles. The van der Waals surface area contributed by atoms with Crippen LogP contribution in [-0.4, -0.2) is 28.8 Å². The molecule has 6 nitrogen and oxygen atoms in total. The summed E-state index contributed by atoms with van der Waals surface area (Å²) in [4.78, 5) is 11.3. The molecule has 0 aromatic rings. The molecule has 0 rings (SSSR count). The molecule has 1 unspecified atom stereocenters. The Morgan fingerprint density at radius 1 is 1.60 bits per heavy atom. The van der Waals surface area contributed by atoms with E-state index in [1.807, 2.05) is 0 Å². The van der Waals surface area contributed by atoms with Crippen molar-refractivity contribution in [3.63, 3.8) is 0 Å². The number of ether oxygens (including phenoxy) is 1. The van der Waals surface area contributed by atoms with Gasteiger partial charge >= 0.3 is 6.09 Å². The van der Waals surface area contributed by atoms with Gasteiger partial charge in [0.25, 0.3) is 0 Å². The van der Waals surface area contributed by atoms with Crippen LogP contribution in [0.1, 0.15) is 34.1 Å². The normalized spacial score (nSPS) is 14.5. The number of nitrogens with two attached hydrogens (primary N) is 1. The molecular weight excluding hydrogens is 198 g/mol. The van der Waals surface area contributed by atoms with Crippen LogP contribution in [0.15, 0.2) is 5.16 Å². The Balaban J connectivity index is 4.26. The maximum atomic E-state index is 11.3. The van der Waals surface area contributed by atoms with Gasteiger partial charge in [-0.15, -0.1) is 0 Å². The maximum absolute atomic E-state index is 11.3. The Bertz CT molecular complexity index is 245. The van der Waals surface area contributed by atoms with E-state index in [0.29, 0.717) is 6.42 Å². The highest BCUT2D eigenvalue weighted by atomic mass is 16.6. The number of hydrogen-bond acceptors (Lipinski definition) is 4. The Kier molecular flexibility index (Phi) is 4.90. The molecule has 1 atom stereocenters. The van der Waals surface area contributed by atoms with Gasteiger partial charge in [0.2, 0.25) is 0 Å². The molecule has 1 amide bonds. The van der Waals surface area contributed by atoms with E-state index in [9.17, 15) is 4.79 Å². The van der Waals surface area contributed by atoms with Gasteiger partial charge in [0.1, 0.15) is 5.60 Å². The lowest BCUT2D eigenvalue weighted by atomic mass is 10.2. The zero-order chi connectivity index (χ0) is 12.1. The first kappa shape index (κ1) is 13.5. The average Bonchev–Trinajstić information content (AvgIpc) is 2.10. The van der Waals surface area contributed by atoms with Gasteiger partial charge in [0.15, 0.2) is 5.84 Å². The highest BCUT2D eigenvalue weighted by molar-refractivity contribution is 5.88. The topological polar surface area (TPSA) is 96.9 Å². The van der Waals surface area contributed by atoms with Crippen LogP contribution >= 0.6 is 0 Å². The quantitative estimate of drug-likeness (QED) is 0.285. The standard InChI is InChI=1S/C9H19N3O3/c1-5-6(7(10)12-14)11-8(13)15-9(2,3)4/h6,14H,5H2,1-4H3,(H2,10,12)(H,11,13). The number of nitrogens with zero attached hydrogens (tertiary/aromatic N) is 1. The fraction of sp³-hybridized carbons (Fsp3) is 0.778. The second-order valence-corrected chi connectivity index (χ2v) is 4.13. The van der Waals surface area contributed by atoms with Crippen molar-refractivity contribution < 1.29 is 14.7 Å². The van der Waals surface area contributed by atoms with Crippen molar-refractivity contribution in [2.24, 2.45) is 10.9 Å². The van der Waals surface area contributed by atoms with Crippen LogP contribution in [0.4, 0.5) is 4.79 Å². The lowest BCUT2D eigenvalue weighted by Crippen LogP contribution is -2.46. The van der Waals surface area contributed by atoms with Gasteiger partial charge in [-0.25, -0.2) is 4.79 Å². The van der Waals surface area contributed by atoms with Crippen molar-refractivity contribution in [1.29, 1.82) is 0 Å². The highest BCUT2D eigenvalue weighted by Gasteiger charge is 2.20. The second-order valence-electron chi connectivity index (χ2n) is 4.13. The van der Waals surface area contributed by atoms with Crippen molar-refractivity contribution in [2.45, 2.75) is 45.8 Å². The summed E-state index contributed by atoms with van der Waals surface area (Å²) in [5.41, 5.74) is 4.81. The van der Waals surface area contributed by atoms with Gasteiger partial charge in [-0.05, 0) is 27.2 Å². The molecule has 0 fully saturated rings. The Morgan fingerprint density at radius 3 is 2.47 bits per heavy atom. The molecule has 0 saturated carbocycles. The van der Waals surface area contributed by atoms with Gasteiger partial charge in [0, 0.05) is 0 Å². The zero-order valence-corrected chi connectivity index (χ0v) is 9.57. The second kappa shape index (κ2) is 5.43. The van der Waals surface area contributed by atoms with Crippen LogP contribution in [0.25, 0.3) is 0 Å². The number of carbonyl (C=O) groups is 1. The van der Waals surface area contributed by atoms with Gasteiger partial charge in [-0.2, -0.15) is 0 Å². The van der Waals surface area contributed by atoms with Gasteiger partial charge in [-0.1, -0.05) is 12.1 Å². The zero-order valence-electron chi connectivity index (χ0n) is 9.57. The van der Waals surface area contributed by atoms with Crippen molar-refractivity contribution >= 4 is 11.9 Å². The SMILES string of the molecule is CCC(NC(=O)OC(C)(C)C)/C(N)=N/O. The molecule has 4 N–H and O–H groups in total. The molecule has 0 aromatic heterocycles. The lowest BCUT2D eigenvalue weighted by Gasteiger charge is -2.22. The third kappa shape index (κ3) is 5.77. The summed E-state index contributed by atoms with van der Waals surface area (Å²) in [6.45, 7) is 7.09. The molecule has 0 spiro atoms. The van der Waals surface area contributed by atoms with Crippen LogP contribution < -0.4 is 11.1 Å². The number of amides is 1. The average molecular weight is 217 g/mol. The third-order valence-corrected chi connectivity index (χ3v) is 1.57. The minimum absolute atomic E-state index is 0.0386. The number of hydrogen-bond donors (Lipinski definition) is 3. The van der Waals surface area contributed by atoms with Gasteiger partial charge < -0.3 is 21.0 Å². The van der Waals surface area contributed by atoms with Crippen molar-refractivity contribution in [2.75, 3.05) is 0 Å². The summed E-state index contributed by atoms with van der Waals surface area (Å²) < 4.78 is 5.02. The number of alkyl carbamates (subject to hydrolysis) is 1. The molecule has 0 bridgehead atoms. The van der Waals surface area contributed by atoms with E-state index in [1.165, 1.54) is 0 Å². The van der Waals surface area contributed by atoms with Crippen molar-refractivity contribution in [3.8, 4) is 0 Å². The maximum Gasteiger partial charge on any atom is 0.408 e. The summed E-state index contributed by atoms with van der Waals surface area (Å²) in [5.74, 6) is -0.0386. The first-order valence-electron chi connectivity index (χ1n) is 4.77. The number of oxime groups is 1. The minimum Gasteiger partial charge on any atom is -0.444 e. The Morgan fingerprint density at radius 2 is 2.13 bits per heavy atom. The summed E-state index contributed by atoms with van der Waals surface area (Å²) in [5, 5.41) is 13.8. The molecule has 0 aliphatic rings. The van der Waals surface area contributed by atoms with E-state index >= 15 is 0 Å². The van der Waals surface area contributed by atoms with E-state index in [1.54, 1.807) is 27.7 Å². The van der Waals surface area contributed by atoms with Crippen molar-refractivity contribution in [3.05, 3.63) is 0 Å². The Hall–Kier alpha value is -1.46. The first-order valence-corrected chi connectivity index (χ1v) is 4.77. The molecule has 0 aliphatic carbocycles. The number of carbonyl (C=O) groups excluding carboxylic acids is 1. The summed E-state index contributed by atoms with van der Waals surface area (Å²) >= 11 is 0. The van der Waals surface area contributed by atoms with Crippen LogP contribution in [0.2, 0.25) is 0 Å². The number of amidine groups is 1. The van der Waals surface area contributed by atoms with E-state index in [2.05, 4.69) is 10.5 Å². The summed E-state index contributed by atoms with van der Waals surface area (Å²) in [6.07, 6.45) is -0.0595. The molecule has 0 aliphatic heterocycles. The van der Waals surface area contributed by atoms with E-state index in [0.717, 1.165) is 0 Å². The van der Waals surface area contributed by atoms with Crippen LogP contribution in [0, 0.1) is 0 Å². The van der Waals surface area contributed by atoms with E-state index in [-0.39, 0.29) is 5.84 Å². The van der Waals surface area contributed by atoms with E-state index in [4.69, 9.17) is 15.7 Å². The highest BCUT2D eigenvalue weighted by Crippen LogP contribution is 2.07. The molecular formula is C9H19N3O3. The fourth-order valence-corrected chi connectivity index (χ4v) is 0.905. The molecule has 6 heteroatoms. The fourth-order valence-electron chi connectivity index (χ4n) is 0.905. The molecule has 15 heavy (non-hydrogen) atoms. The van der Waals surface area contributed by atoms with Crippen LogP contribution in [0.3, 0.4) is 0 Å². The first-order chi connectivity index (χ1) is 6.80. The predicted molar refractivity (Wildman–Crippen MR) is 56.9 cm³/mol. The largest absolute Gasteiger partial charge is 0.444 e. The number of nitrogens with one attached hydrogen (secondary N) is 1. The van der Waals surface area contributed by atoms with Gasteiger partial charge in [0.05, 0.1) is 6.04 Å². The summed E-state index contributed by atoms with van der Waals surface area (Å²) in [6, 6.07) is -0.509. The molecule has 0 saturated heterocycles. The molecule has 0 radical (unpaired) electrons. The lowest BCUT2D eigenvalue weighted by molar-refractivity contribution is 0.0516. The smallest absolute Gasteiger partial charge is 0.408 e. The third-order valence-electron chi connectivity index (χ3n) is 1.57. The molecule has 0 aromatic carbocycles. The molecule has 88 valence electrons. The van der Waals surface area contributed by atoms with Crippen molar-refractivity contribution in [1.82, 2.24) is 5.32 Å². The Labute approximate surface area is 89.5 Å². The number of rotatable bonds is 3. The predicted octanol–water partition coefficient (Wildman–Crippen LogP) is 1.04. The van der Waals surface area contributed by atoms with Gasteiger partial charge in [-0.3, -0.25) is 0 Å². The van der Waals surface area contributed by atoms with Crippen LogP contribution in [0.5, 0.6) is 0 Å². The minimum atomic E-state index is -0.582. The summed E-state index contributed by atoms with van der Waals surface area (Å²) in [7, 11) is 0.